The van der Waals surface area contributed by atoms with Gasteiger partial charge in [0.25, 0.3) is 16.7 Å². The van der Waals surface area contributed by atoms with Crippen LogP contribution in [0, 0.1) is 25.5 Å². The number of halogens is 4. The molecule has 3 atom stereocenters. The molecule has 6 N–H and O–H groups in total. The van der Waals surface area contributed by atoms with Crippen LogP contribution in [0.15, 0.2) is 197 Å². The number of ketones is 1. The van der Waals surface area contributed by atoms with Crippen molar-refractivity contribution in [2.45, 2.75) is 198 Å². The SMILES string of the molecule is CC(C)(C)OC(=O)OC(=O)OC(C)(C)C.CC(C)C(=O)c1cnc(N)nc1N[C@@H](C)c1cc2cccc(Cl)c2c(=O)n1-c1ccccc1.C[CH-]C.[Br-].[C-]#[N+]c1cnc(N(C(=O)OC(C)(C)C)C(=O)OC(C)(C)C)nc1N(C(=O)OC(C)(C)C)[C@@H](C)c1cc2cccc(Cl)c2c(=O)n1-c1ccccc1.[C-]#[N+]c1cnc(N)nc1N[C@@H](C)c1cc2cccc(Cl)c2c(=O)n1-c1ccccc1.[Mg+2]. The number of benzene rings is 6. The number of pyridine rings is 3. The van der Waals surface area contributed by atoms with E-state index in [4.69, 9.17) is 83.1 Å². The molecule has 12 aromatic rings. The fourth-order valence-corrected chi connectivity index (χ4v) is 13.5. The number of para-hydroxylation sites is 3. The van der Waals surface area contributed by atoms with E-state index in [2.05, 4.69) is 55.0 Å². The van der Waals surface area contributed by atoms with Crippen LogP contribution in [0.3, 0.4) is 0 Å². The first-order chi connectivity index (χ1) is 61.8. The monoisotopic (exact) mass is 1960 g/mol. The number of aromatic nitrogens is 9. The van der Waals surface area contributed by atoms with Crippen LogP contribution in [0.25, 0.3) is 59.1 Å². The third-order valence-electron chi connectivity index (χ3n) is 18.0. The summed E-state index contributed by atoms with van der Waals surface area (Å²) in [5, 5.41) is 10.6. The molecule has 6 heterocycles. The summed E-state index contributed by atoms with van der Waals surface area (Å²) in [6.07, 6.45) is 0.510. The largest absolute Gasteiger partial charge is 2.00 e. The van der Waals surface area contributed by atoms with Gasteiger partial charge >= 0.3 is 53.6 Å². The Bertz CT molecular complexity index is 6470. The second-order valence-electron chi connectivity index (χ2n) is 35.0. The van der Waals surface area contributed by atoms with E-state index in [9.17, 15) is 43.2 Å². The summed E-state index contributed by atoms with van der Waals surface area (Å²) in [5.41, 5.74) is 10.1. The predicted molar refractivity (Wildman–Crippen MR) is 521 cm³/mol. The molecule has 134 heavy (non-hydrogen) atoms. The second kappa shape index (κ2) is 47.0. The summed E-state index contributed by atoms with van der Waals surface area (Å²) >= 11 is 19.3. The number of fused-ring (bicyclic) bond motifs is 3. The molecule has 6 aromatic heterocycles. The van der Waals surface area contributed by atoms with Crippen molar-refractivity contribution in [1.29, 1.82) is 0 Å². The van der Waals surface area contributed by atoms with Crippen LogP contribution in [0.5, 0.6) is 0 Å². The number of imide groups is 1. The molecular formula is C97H107BrCl3MgN17O15. The predicted octanol–water partition coefficient (Wildman–Crippen LogP) is 19.7. The Morgan fingerprint density at radius 1 is 0.448 bits per heavy atom. The van der Waals surface area contributed by atoms with E-state index in [-0.39, 0.29) is 108 Å². The summed E-state index contributed by atoms with van der Waals surface area (Å²) < 4.78 is 35.3. The fourth-order valence-electron chi connectivity index (χ4n) is 12.7. The third-order valence-corrected chi connectivity index (χ3v) is 19.0. The number of anilines is 6. The molecule has 12 rings (SSSR count). The van der Waals surface area contributed by atoms with Crippen LogP contribution in [0.1, 0.15) is 198 Å². The van der Waals surface area contributed by atoms with Crippen molar-refractivity contribution < 1.29 is 74.2 Å². The van der Waals surface area contributed by atoms with Gasteiger partial charge in [-0.05, 0) is 214 Å². The Kier molecular flexibility index (Phi) is 38.5. The Labute approximate surface area is 818 Å². The molecule has 37 heteroatoms. The van der Waals surface area contributed by atoms with Crippen molar-refractivity contribution in [3.8, 4) is 17.1 Å². The summed E-state index contributed by atoms with van der Waals surface area (Å²) in [5.74, 6) is -0.442. The maximum Gasteiger partial charge on any atom is 2.00 e. The molecule has 6 aromatic carbocycles. The van der Waals surface area contributed by atoms with Crippen molar-refractivity contribution in [3.63, 3.8) is 0 Å². The van der Waals surface area contributed by atoms with Crippen LogP contribution >= 0.6 is 34.8 Å². The Balaban J connectivity index is 0.000000289. The summed E-state index contributed by atoms with van der Waals surface area (Å²) in [6.45, 7) is 53.0. The van der Waals surface area contributed by atoms with Crippen molar-refractivity contribution in [1.82, 2.24) is 43.6 Å². The van der Waals surface area contributed by atoms with Gasteiger partial charge in [-0.2, -0.15) is 18.8 Å². The van der Waals surface area contributed by atoms with Crippen molar-refractivity contribution in [2.75, 3.05) is 31.9 Å². The van der Waals surface area contributed by atoms with E-state index in [0.717, 1.165) is 21.9 Å². The van der Waals surface area contributed by atoms with Gasteiger partial charge in [-0.1, -0.05) is 140 Å². The van der Waals surface area contributed by atoms with Gasteiger partial charge in [0, 0.05) is 58.7 Å². The molecule has 0 spiro atoms. The van der Waals surface area contributed by atoms with Gasteiger partial charge in [0.1, 0.15) is 45.5 Å². The van der Waals surface area contributed by atoms with Crippen LogP contribution in [-0.4, -0.2) is 131 Å². The Morgan fingerprint density at radius 3 is 1.13 bits per heavy atom. The molecule has 700 valence electrons. The number of hydrogen-bond donors (Lipinski definition) is 4. The molecule has 0 aliphatic rings. The quantitative estimate of drug-likeness (QED) is 0.0185. The summed E-state index contributed by atoms with van der Waals surface area (Å²) in [6, 6.07) is 46.9. The minimum absolute atomic E-state index is 0. The van der Waals surface area contributed by atoms with Gasteiger partial charge in [-0.3, -0.25) is 37.8 Å². The molecule has 0 saturated heterocycles. The number of ether oxygens (including phenoxy) is 6. The average Bonchev–Trinajstić information content (AvgIpc) is 0.789. The topological polar surface area (TPSA) is 392 Å². The number of rotatable bonds is 15. The van der Waals surface area contributed by atoms with E-state index < -0.39 is 82.2 Å². The molecule has 0 aliphatic carbocycles. The van der Waals surface area contributed by atoms with Gasteiger partial charge in [-0.15, -0.1) is 4.90 Å². The van der Waals surface area contributed by atoms with E-state index in [0.29, 0.717) is 82.4 Å². The molecule has 0 aliphatic heterocycles. The van der Waals surface area contributed by atoms with Crippen LogP contribution in [0.2, 0.25) is 15.1 Å². The van der Waals surface area contributed by atoms with Crippen LogP contribution < -0.4 is 65.6 Å². The maximum absolute atomic E-state index is 14.3. The molecule has 0 bridgehead atoms. The van der Waals surface area contributed by atoms with Crippen molar-refractivity contribution in [2.24, 2.45) is 5.92 Å². The van der Waals surface area contributed by atoms with E-state index in [1.807, 2.05) is 139 Å². The summed E-state index contributed by atoms with van der Waals surface area (Å²) in [4.78, 5) is 151. The number of nitrogens with one attached hydrogen (secondary N) is 2. The molecule has 0 unspecified atom stereocenters. The second-order valence-corrected chi connectivity index (χ2v) is 36.2. The third kappa shape index (κ3) is 29.5. The van der Waals surface area contributed by atoms with Crippen molar-refractivity contribution >= 4 is 173 Å². The number of hydrogen-bond acceptors (Lipinski definition) is 25. The average molecular weight is 1960 g/mol. The maximum atomic E-state index is 14.3. The zero-order chi connectivity index (χ0) is 98.0. The zero-order valence-corrected chi connectivity index (χ0v) is 83.8. The van der Waals surface area contributed by atoms with Crippen LogP contribution in [-0.2, 0) is 28.4 Å². The first-order valence-corrected chi connectivity index (χ1v) is 42.7. The number of carbonyl (C=O) groups is 6. The van der Waals surface area contributed by atoms with Crippen molar-refractivity contribution in [3.05, 3.63) is 280 Å². The number of nitrogen functional groups attached to an aromatic ring is 2. The minimum Gasteiger partial charge on any atom is -1.00 e. The molecule has 32 nitrogen and oxygen atoms in total. The molecular weight excluding hydrogens is 1850 g/mol. The van der Waals surface area contributed by atoms with Gasteiger partial charge in [0.05, 0.1) is 68.1 Å². The number of carbonyl (C=O) groups excluding carboxylic acids is 6. The van der Waals surface area contributed by atoms with Gasteiger partial charge in [-0.25, -0.2) is 58.6 Å². The normalized spacial score (nSPS) is 11.8. The van der Waals surface area contributed by atoms with E-state index >= 15 is 0 Å². The summed E-state index contributed by atoms with van der Waals surface area (Å²) in [7, 11) is 0. The molecule has 0 radical (unpaired) electrons. The zero-order valence-electron chi connectivity index (χ0n) is 78.5. The molecule has 0 fully saturated rings. The molecule has 3 amide bonds. The Hall–Kier alpha value is -13.1. The van der Waals surface area contributed by atoms with E-state index in [1.165, 1.54) is 17.0 Å². The minimum atomic E-state index is -1.15. The Morgan fingerprint density at radius 2 is 0.776 bits per heavy atom. The van der Waals surface area contributed by atoms with Gasteiger partial charge in [0.15, 0.2) is 5.78 Å². The van der Waals surface area contributed by atoms with Gasteiger partial charge in [0.2, 0.25) is 29.2 Å². The fraction of sp³-hybridized carbons (Fsp3) is 0.320. The smallest absolute Gasteiger partial charge is 1.00 e. The number of amides is 3. The standard InChI is InChI=1S/C37H41ClN6O7.C25H24ClN5O2.C22H17ClN6O.C10H18O5.C3H7.BrH.Mg/c1-22(27-20-23-16-15-19-25(38)28(23)30(45)43(27)24-17-13-12-14-18-24)42(32(46)49-35(2,3)4)29-26(39-11)21-40-31(41-29)44(33(47)50-36(5,6)7)34(48)51-37(8,9)10;1-14(2)22(32)18-13-28-25(27)30-23(18)29-15(3)20-12-16-8-7-11-19(26)21(16)24(33)31(20)17-9-5-4-6-10-17;1-13(27-20-17(25-2)12-26-22(24)28-20)18-11-14-7-6-10-16(23)19(14)21(30)29(18)15-8-4-3-5-9-15;1-9(2,3)14-7(11)13-8(12)15-10(4,5)6;1-3-2;;/h12-22H,1-10H3;4-15H,1-3H3,(H3,27,28,29,30);3-13H,1H3,(H3,24,26,27,28);1-6H3;3H,1-2H3;1H;/q;;;;-1;;+2/p-1/t22-;15-;13-;;;;/m000..../s1. The molecule has 0 saturated carbocycles. The van der Waals surface area contributed by atoms with Crippen LogP contribution in [0.4, 0.5) is 70.6 Å². The first kappa shape index (κ1) is 110. The number of nitrogens with zero attached hydrogens (tertiary/aromatic N) is 13. The number of nitrogens with two attached hydrogens (primary N) is 2. The first-order valence-electron chi connectivity index (χ1n) is 41.6. The van der Waals surface area contributed by atoms with E-state index in [1.54, 1.807) is 193 Å². The van der Waals surface area contributed by atoms with Gasteiger partial charge < -0.3 is 73.9 Å². The number of Topliss-reactive ketones (excluding diaryl/α,β-unsaturated/α-hetero) is 1.